The molecule has 0 saturated carbocycles. The zero-order valence-electron chi connectivity index (χ0n) is 7.23. The molecular weight excluding hydrogens is 126 g/mol. The van der Waals surface area contributed by atoms with Crippen LogP contribution in [0.15, 0.2) is 11.8 Å². The number of hydrogen-bond donors (Lipinski definition) is 2. The zero-order valence-corrected chi connectivity index (χ0v) is 7.23. The van der Waals surface area contributed by atoms with Crippen LogP contribution >= 0.6 is 0 Å². The van der Waals surface area contributed by atoms with Gasteiger partial charge in [-0.05, 0) is 32.0 Å². The summed E-state index contributed by atoms with van der Waals surface area (Å²) in [5.74, 6) is 0. The van der Waals surface area contributed by atoms with E-state index in [-0.39, 0.29) is 0 Å². The predicted octanol–water partition coefficient (Wildman–Crippen LogP) is 1.27. The molecule has 0 heterocycles. The standard InChI is InChI=1S/C8H17NO/c1-5-8(3,10)7(2)6-9-4/h6,9-10H,5H2,1-4H3/b7-6+/t8-/m1/s1. The first-order valence-corrected chi connectivity index (χ1v) is 3.61. The van der Waals surface area contributed by atoms with Gasteiger partial charge in [0.25, 0.3) is 0 Å². The average molecular weight is 143 g/mol. The Morgan fingerprint density at radius 1 is 1.70 bits per heavy atom. The molecule has 0 aromatic carbocycles. The quantitative estimate of drug-likeness (QED) is 0.623. The van der Waals surface area contributed by atoms with Gasteiger partial charge in [-0.1, -0.05) is 6.92 Å². The molecule has 0 bridgehead atoms. The van der Waals surface area contributed by atoms with E-state index in [1.165, 1.54) is 0 Å². The Labute approximate surface area is 62.9 Å². The van der Waals surface area contributed by atoms with E-state index >= 15 is 0 Å². The van der Waals surface area contributed by atoms with Crippen LogP contribution in [0.25, 0.3) is 0 Å². The Morgan fingerprint density at radius 2 is 2.20 bits per heavy atom. The van der Waals surface area contributed by atoms with Crippen molar-refractivity contribution in [2.75, 3.05) is 7.05 Å². The number of hydrogen-bond acceptors (Lipinski definition) is 2. The highest BCUT2D eigenvalue weighted by Crippen LogP contribution is 2.18. The molecule has 10 heavy (non-hydrogen) atoms. The third-order valence-electron chi connectivity index (χ3n) is 1.90. The van der Waals surface area contributed by atoms with Crippen LogP contribution in [0.3, 0.4) is 0 Å². The van der Waals surface area contributed by atoms with Crippen LogP contribution in [0.5, 0.6) is 0 Å². The highest BCUT2D eigenvalue weighted by atomic mass is 16.3. The lowest BCUT2D eigenvalue weighted by Crippen LogP contribution is -2.25. The molecule has 0 spiro atoms. The lowest BCUT2D eigenvalue weighted by atomic mass is 9.95. The van der Waals surface area contributed by atoms with Gasteiger partial charge in [-0.3, -0.25) is 0 Å². The number of nitrogens with one attached hydrogen (secondary N) is 1. The fraction of sp³-hybridized carbons (Fsp3) is 0.750. The highest BCUT2D eigenvalue weighted by molar-refractivity contribution is 5.10. The molecule has 0 fully saturated rings. The summed E-state index contributed by atoms with van der Waals surface area (Å²) in [6, 6.07) is 0. The lowest BCUT2D eigenvalue weighted by molar-refractivity contribution is 0.0940. The molecule has 0 aromatic rings. The summed E-state index contributed by atoms with van der Waals surface area (Å²) in [6.45, 7) is 5.70. The number of rotatable bonds is 3. The first-order chi connectivity index (χ1) is 4.54. The van der Waals surface area contributed by atoms with Crippen molar-refractivity contribution in [1.82, 2.24) is 5.32 Å². The van der Waals surface area contributed by atoms with Crippen molar-refractivity contribution in [2.45, 2.75) is 32.8 Å². The molecule has 0 saturated heterocycles. The van der Waals surface area contributed by atoms with Gasteiger partial charge in [0.05, 0.1) is 5.60 Å². The molecule has 1 atom stereocenters. The Hall–Kier alpha value is -0.500. The Balaban J connectivity index is 4.17. The summed E-state index contributed by atoms with van der Waals surface area (Å²) >= 11 is 0. The Morgan fingerprint density at radius 3 is 2.50 bits per heavy atom. The van der Waals surface area contributed by atoms with Gasteiger partial charge in [0.2, 0.25) is 0 Å². The van der Waals surface area contributed by atoms with Gasteiger partial charge >= 0.3 is 0 Å². The minimum atomic E-state index is -0.650. The van der Waals surface area contributed by atoms with Crippen LogP contribution in [0.2, 0.25) is 0 Å². The van der Waals surface area contributed by atoms with E-state index in [1.807, 2.05) is 34.0 Å². The second kappa shape index (κ2) is 3.62. The molecule has 0 amide bonds. The maximum Gasteiger partial charge on any atom is 0.0840 e. The van der Waals surface area contributed by atoms with E-state index in [0.717, 1.165) is 12.0 Å². The van der Waals surface area contributed by atoms with Crippen LogP contribution in [-0.2, 0) is 0 Å². The molecule has 0 aromatic heterocycles. The summed E-state index contributed by atoms with van der Waals surface area (Å²) in [4.78, 5) is 0. The maximum absolute atomic E-state index is 9.61. The minimum Gasteiger partial charge on any atom is -0.394 e. The van der Waals surface area contributed by atoms with Crippen LogP contribution in [0, 0.1) is 0 Å². The Kier molecular flexibility index (Phi) is 3.43. The highest BCUT2D eigenvalue weighted by Gasteiger charge is 2.18. The summed E-state index contributed by atoms with van der Waals surface area (Å²) in [7, 11) is 1.83. The molecule has 2 heteroatoms. The van der Waals surface area contributed by atoms with E-state index in [1.54, 1.807) is 0 Å². The first kappa shape index (κ1) is 9.50. The van der Waals surface area contributed by atoms with Crippen molar-refractivity contribution < 1.29 is 5.11 Å². The zero-order chi connectivity index (χ0) is 8.20. The van der Waals surface area contributed by atoms with Crippen molar-refractivity contribution in [2.24, 2.45) is 0 Å². The van der Waals surface area contributed by atoms with Crippen molar-refractivity contribution in [1.29, 1.82) is 0 Å². The van der Waals surface area contributed by atoms with Crippen LogP contribution in [0.1, 0.15) is 27.2 Å². The molecule has 2 nitrogen and oxygen atoms in total. The fourth-order valence-corrected chi connectivity index (χ4v) is 0.651. The molecule has 0 aliphatic rings. The van der Waals surface area contributed by atoms with Crippen LogP contribution in [-0.4, -0.2) is 17.8 Å². The van der Waals surface area contributed by atoms with E-state index in [0.29, 0.717) is 0 Å². The average Bonchev–Trinajstić information content (AvgIpc) is 1.89. The molecule has 0 aliphatic heterocycles. The van der Waals surface area contributed by atoms with Crippen LogP contribution < -0.4 is 5.32 Å². The van der Waals surface area contributed by atoms with Gasteiger partial charge in [-0.2, -0.15) is 0 Å². The van der Waals surface area contributed by atoms with Crippen molar-refractivity contribution >= 4 is 0 Å². The topological polar surface area (TPSA) is 32.3 Å². The van der Waals surface area contributed by atoms with Crippen molar-refractivity contribution in [3.8, 4) is 0 Å². The lowest BCUT2D eigenvalue weighted by Gasteiger charge is -2.21. The summed E-state index contributed by atoms with van der Waals surface area (Å²) < 4.78 is 0. The maximum atomic E-state index is 9.61. The molecule has 0 aliphatic carbocycles. The molecule has 0 radical (unpaired) electrons. The smallest absolute Gasteiger partial charge is 0.0840 e. The van der Waals surface area contributed by atoms with Crippen molar-refractivity contribution in [3.63, 3.8) is 0 Å². The van der Waals surface area contributed by atoms with E-state index in [2.05, 4.69) is 5.32 Å². The van der Waals surface area contributed by atoms with Gasteiger partial charge in [-0.25, -0.2) is 0 Å². The van der Waals surface area contributed by atoms with Gasteiger partial charge < -0.3 is 10.4 Å². The van der Waals surface area contributed by atoms with Gasteiger partial charge in [0, 0.05) is 7.05 Å². The SMILES string of the molecule is CC[C@@](C)(O)/C(C)=C/NC. The number of aliphatic hydroxyl groups is 1. The van der Waals surface area contributed by atoms with E-state index < -0.39 is 5.60 Å². The normalized spacial score (nSPS) is 18.3. The fourth-order valence-electron chi connectivity index (χ4n) is 0.651. The summed E-state index contributed by atoms with van der Waals surface area (Å²) in [5.41, 5.74) is 0.320. The van der Waals surface area contributed by atoms with Crippen molar-refractivity contribution in [3.05, 3.63) is 11.8 Å². The minimum absolute atomic E-state index is 0.650. The van der Waals surface area contributed by atoms with E-state index in [4.69, 9.17) is 0 Å². The van der Waals surface area contributed by atoms with Gasteiger partial charge in [0.15, 0.2) is 0 Å². The first-order valence-electron chi connectivity index (χ1n) is 3.61. The Bertz CT molecular complexity index is 127. The summed E-state index contributed by atoms with van der Waals surface area (Å²) in [5, 5.41) is 12.5. The predicted molar refractivity (Wildman–Crippen MR) is 43.7 cm³/mol. The van der Waals surface area contributed by atoms with Gasteiger partial charge in [-0.15, -0.1) is 0 Å². The molecule has 2 N–H and O–H groups in total. The largest absolute Gasteiger partial charge is 0.394 e. The molecule has 0 unspecified atom stereocenters. The van der Waals surface area contributed by atoms with Gasteiger partial charge in [0.1, 0.15) is 0 Å². The van der Waals surface area contributed by atoms with Crippen LogP contribution in [0.4, 0.5) is 0 Å². The monoisotopic (exact) mass is 143 g/mol. The summed E-state index contributed by atoms with van der Waals surface area (Å²) in [6.07, 6.45) is 2.57. The second-order valence-corrected chi connectivity index (χ2v) is 2.74. The van der Waals surface area contributed by atoms with E-state index in [9.17, 15) is 5.11 Å². The third kappa shape index (κ3) is 2.40. The molecule has 0 rings (SSSR count). The molecular formula is C8H17NO. The molecule has 60 valence electrons. The second-order valence-electron chi connectivity index (χ2n) is 2.74. The third-order valence-corrected chi connectivity index (χ3v) is 1.90.